The highest BCUT2D eigenvalue weighted by atomic mass is 35.5. The number of primary amides is 1. The van der Waals surface area contributed by atoms with Crippen molar-refractivity contribution in [1.29, 1.82) is 0 Å². The summed E-state index contributed by atoms with van der Waals surface area (Å²) in [4.78, 5) is 33.3. The number of urea groups is 1. The number of amides is 2. The summed E-state index contributed by atoms with van der Waals surface area (Å²) in [7, 11) is 0. The van der Waals surface area contributed by atoms with E-state index >= 15 is 0 Å². The van der Waals surface area contributed by atoms with Crippen molar-refractivity contribution in [2.45, 2.75) is 19.4 Å². The number of Topliss-reactive ketones (excluding diaryl/α,β-unsaturated/α-hetero) is 1. The van der Waals surface area contributed by atoms with Crippen molar-refractivity contribution in [3.63, 3.8) is 0 Å². The molecule has 1 rings (SSSR count). The third-order valence-corrected chi connectivity index (χ3v) is 2.65. The molecule has 0 fully saturated rings. The SMILES string of the molecule is CC(=O)COC(=O)C[C@H](NC(N)=O)c1ccc(Cl)cc1. The lowest BCUT2D eigenvalue weighted by Crippen LogP contribution is -2.34. The molecule has 1 aromatic rings. The van der Waals surface area contributed by atoms with Gasteiger partial charge in [0.05, 0.1) is 12.5 Å². The van der Waals surface area contributed by atoms with Crippen LogP contribution >= 0.6 is 11.6 Å². The van der Waals surface area contributed by atoms with Crippen molar-refractivity contribution in [3.8, 4) is 0 Å². The number of nitrogens with one attached hydrogen (secondary N) is 1. The molecule has 0 radical (unpaired) electrons. The zero-order valence-corrected chi connectivity index (χ0v) is 11.6. The van der Waals surface area contributed by atoms with Gasteiger partial charge in [0.2, 0.25) is 0 Å². The van der Waals surface area contributed by atoms with E-state index < -0.39 is 18.0 Å². The first-order valence-electron chi connectivity index (χ1n) is 5.85. The summed E-state index contributed by atoms with van der Waals surface area (Å²) in [5, 5.41) is 2.98. The van der Waals surface area contributed by atoms with Crippen LogP contribution in [0, 0.1) is 0 Å². The van der Waals surface area contributed by atoms with E-state index in [0.29, 0.717) is 10.6 Å². The van der Waals surface area contributed by atoms with Crippen molar-refractivity contribution in [1.82, 2.24) is 5.32 Å². The normalized spacial score (nSPS) is 11.5. The fourth-order valence-corrected chi connectivity index (χ4v) is 1.65. The second-order valence-electron chi connectivity index (χ2n) is 4.18. The Balaban J connectivity index is 2.74. The van der Waals surface area contributed by atoms with Crippen LogP contribution in [0.15, 0.2) is 24.3 Å². The Labute approximate surface area is 121 Å². The number of ketones is 1. The van der Waals surface area contributed by atoms with Crippen LogP contribution in [-0.2, 0) is 14.3 Å². The first-order valence-corrected chi connectivity index (χ1v) is 6.22. The molecule has 0 spiro atoms. The highest BCUT2D eigenvalue weighted by Crippen LogP contribution is 2.19. The number of carbonyl (C=O) groups is 3. The first kappa shape index (κ1) is 16.0. The molecule has 0 aliphatic heterocycles. The van der Waals surface area contributed by atoms with Crippen LogP contribution < -0.4 is 11.1 Å². The van der Waals surface area contributed by atoms with E-state index in [0.717, 1.165) is 0 Å². The van der Waals surface area contributed by atoms with E-state index in [2.05, 4.69) is 5.32 Å². The molecule has 0 heterocycles. The molecule has 1 aromatic carbocycles. The molecular formula is C13H15ClN2O4. The number of rotatable bonds is 6. The lowest BCUT2D eigenvalue weighted by atomic mass is 10.0. The number of halogens is 1. The summed E-state index contributed by atoms with van der Waals surface area (Å²) < 4.78 is 4.75. The zero-order chi connectivity index (χ0) is 15.1. The Bertz CT molecular complexity index is 502. The lowest BCUT2D eigenvalue weighted by Gasteiger charge is -2.17. The molecule has 0 aromatic heterocycles. The van der Waals surface area contributed by atoms with E-state index in [9.17, 15) is 14.4 Å². The fourth-order valence-electron chi connectivity index (χ4n) is 1.53. The minimum atomic E-state index is -0.760. The molecule has 0 aliphatic carbocycles. The lowest BCUT2D eigenvalue weighted by molar-refractivity contribution is -0.148. The van der Waals surface area contributed by atoms with Crippen molar-refractivity contribution in [2.24, 2.45) is 5.73 Å². The Hall–Kier alpha value is -2.08. The van der Waals surface area contributed by atoms with Gasteiger partial charge in [-0.15, -0.1) is 0 Å². The summed E-state index contributed by atoms with van der Waals surface area (Å²) in [5.74, 6) is -0.863. The summed E-state index contributed by atoms with van der Waals surface area (Å²) in [6, 6.07) is 5.21. The largest absolute Gasteiger partial charge is 0.458 e. The van der Waals surface area contributed by atoms with E-state index in [1.54, 1.807) is 24.3 Å². The average Bonchev–Trinajstić information content (AvgIpc) is 2.36. The minimum Gasteiger partial charge on any atom is -0.458 e. The summed E-state index contributed by atoms with van der Waals surface area (Å²) in [6.45, 7) is 1.02. The maximum absolute atomic E-state index is 11.6. The first-order chi connectivity index (χ1) is 9.38. The quantitative estimate of drug-likeness (QED) is 0.779. The van der Waals surface area contributed by atoms with Crippen LogP contribution in [-0.4, -0.2) is 24.4 Å². The number of nitrogens with two attached hydrogens (primary N) is 1. The van der Waals surface area contributed by atoms with E-state index in [4.69, 9.17) is 22.1 Å². The molecule has 0 saturated carbocycles. The molecule has 6 nitrogen and oxygen atoms in total. The van der Waals surface area contributed by atoms with Crippen LogP contribution in [0.4, 0.5) is 4.79 Å². The average molecular weight is 299 g/mol. The van der Waals surface area contributed by atoms with Crippen molar-refractivity contribution < 1.29 is 19.1 Å². The number of esters is 1. The van der Waals surface area contributed by atoms with E-state index in [1.807, 2.05) is 0 Å². The predicted octanol–water partition coefficient (Wildman–Crippen LogP) is 1.57. The second kappa shape index (κ2) is 7.49. The second-order valence-corrected chi connectivity index (χ2v) is 4.62. The minimum absolute atomic E-state index is 0.127. The molecule has 20 heavy (non-hydrogen) atoms. The van der Waals surface area contributed by atoms with Gasteiger partial charge in [0.25, 0.3) is 0 Å². The van der Waals surface area contributed by atoms with Crippen LogP contribution in [0.5, 0.6) is 0 Å². The van der Waals surface area contributed by atoms with Gasteiger partial charge < -0.3 is 15.8 Å². The number of hydrogen-bond donors (Lipinski definition) is 2. The molecule has 0 aliphatic rings. The molecule has 3 N–H and O–H groups in total. The summed E-state index contributed by atoms with van der Waals surface area (Å²) in [6.07, 6.45) is -0.127. The smallest absolute Gasteiger partial charge is 0.312 e. The maximum Gasteiger partial charge on any atom is 0.312 e. The van der Waals surface area contributed by atoms with Crippen LogP contribution in [0.25, 0.3) is 0 Å². The van der Waals surface area contributed by atoms with Crippen molar-refractivity contribution in [2.75, 3.05) is 6.61 Å². The Morgan fingerprint density at radius 2 is 1.90 bits per heavy atom. The van der Waals surface area contributed by atoms with E-state index in [-0.39, 0.29) is 18.8 Å². The number of benzene rings is 1. The van der Waals surface area contributed by atoms with Crippen LogP contribution in [0.1, 0.15) is 24.9 Å². The van der Waals surface area contributed by atoms with Gasteiger partial charge in [0.1, 0.15) is 6.61 Å². The monoisotopic (exact) mass is 298 g/mol. The van der Waals surface area contributed by atoms with Gasteiger partial charge in [0, 0.05) is 5.02 Å². The zero-order valence-electron chi connectivity index (χ0n) is 10.9. The van der Waals surface area contributed by atoms with Crippen LogP contribution in [0.2, 0.25) is 5.02 Å². The van der Waals surface area contributed by atoms with Gasteiger partial charge in [-0.2, -0.15) is 0 Å². The number of hydrogen-bond acceptors (Lipinski definition) is 4. The predicted molar refractivity (Wildman–Crippen MR) is 73.2 cm³/mol. The van der Waals surface area contributed by atoms with Gasteiger partial charge in [0.15, 0.2) is 5.78 Å². The highest BCUT2D eigenvalue weighted by molar-refractivity contribution is 6.30. The Morgan fingerprint density at radius 1 is 1.30 bits per heavy atom. The fraction of sp³-hybridized carbons (Fsp3) is 0.308. The van der Waals surface area contributed by atoms with Gasteiger partial charge >= 0.3 is 12.0 Å². The summed E-state index contributed by atoms with van der Waals surface area (Å²) in [5.41, 5.74) is 5.74. The summed E-state index contributed by atoms with van der Waals surface area (Å²) >= 11 is 5.77. The maximum atomic E-state index is 11.6. The third kappa shape index (κ3) is 5.71. The molecule has 1 atom stereocenters. The van der Waals surface area contributed by atoms with Crippen molar-refractivity contribution in [3.05, 3.63) is 34.9 Å². The molecule has 7 heteroatoms. The molecular weight excluding hydrogens is 284 g/mol. The molecule has 0 unspecified atom stereocenters. The van der Waals surface area contributed by atoms with Gasteiger partial charge in [-0.25, -0.2) is 4.79 Å². The third-order valence-electron chi connectivity index (χ3n) is 2.40. The molecule has 0 saturated heterocycles. The topological polar surface area (TPSA) is 98.5 Å². The molecule has 108 valence electrons. The number of carbonyl (C=O) groups excluding carboxylic acids is 3. The number of ether oxygens (including phenoxy) is 1. The molecule has 2 amide bonds. The standard InChI is InChI=1S/C13H15ClN2O4/c1-8(17)7-20-12(18)6-11(16-13(15)19)9-2-4-10(14)5-3-9/h2-5,11H,6-7H2,1H3,(H3,15,16,19)/t11-/m0/s1. The Kier molecular flexibility index (Phi) is 5.99. The van der Waals surface area contributed by atoms with Gasteiger partial charge in [-0.3, -0.25) is 9.59 Å². The Morgan fingerprint density at radius 3 is 2.40 bits per heavy atom. The van der Waals surface area contributed by atoms with Gasteiger partial charge in [-0.1, -0.05) is 23.7 Å². The van der Waals surface area contributed by atoms with Crippen LogP contribution in [0.3, 0.4) is 0 Å². The van der Waals surface area contributed by atoms with Crippen molar-refractivity contribution >= 4 is 29.4 Å². The van der Waals surface area contributed by atoms with E-state index in [1.165, 1.54) is 6.92 Å². The highest BCUT2D eigenvalue weighted by Gasteiger charge is 2.18. The van der Waals surface area contributed by atoms with Gasteiger partial charge in [-0.05, 0) is 24.6 Å². The molecule has 0 bridgehead atoms.